The first-order chi connectivity index (χ1) is 11.8. The molecule has 2 atom stereocenters. The molecule has 1 aromatic heterocycles. The van der Waals surface area contributed by atoms with Crippen LogP contribution in [-0.4, -0.2) is 65.8 Å². The smallest absolute Gasteiger partial charge is 0.317 e. The lowest BCUT2D eigenvalue weighted by atomic mass is 10.2. The zero-order valence-corrected chi connectivity index (χ0v) is 14.2. The maximum Gasteiger partial charge on any atom is 0.317 e. The molecule has 1 N–H and O–H groups in total. The van der Waals surface area contributed by atoms with E-state index < -0.39 is 0 Å². The van der Waals surface area contributed by atoms with E-state index in [4.69, 9.17) is 9.47 Å². The summed E-state index contributed by atoms with van der Waals surface area (Å²) in [7, 11) is 0. The first kappa shape index (κ1) is 17.2. The van der Waals surface area contributed by atoms with Crippen LogP contribution in [0.2, 0.25) is 0 Å². The molecule has 0 aliphatic carbocycles. The average molecular weight is 336 g/mol. The van der Waals surface area contributed by atoms with Crippen molar-refractivity contribution in [2.24, 2.45) is 0 Å². The Balaban J connectivity index is 1.43. The van der Waals surface area contributed by atoms with Gasteiger partial charge in [0.1, 0.15) is 0 Å². The molecule has 24 heavy (non-hydrogen) atoms. The van der Waals surface area contributed by atoms with Crippen molar-refractivity contribution in [3.8, 4) is 0 Å². The van der Waals surface area contributed by atoms with E-state index >= 15 is 0 Å². The molecule has 2 saturated heterocycles. The van der Waals surface area contributed by atoms with Gasteiger partial charge in [-0.3, -0.25) is 4.68 Å². The summed E-state index contributed by atoms with van der Waals surface area (Å²) < 4.78 is 13.3. The van der Waals surface area contributed by atoms with Gasteiger partial charge in [0.2, 0.25) is 0 Å². The lowest BCUT2D eigenvalue weighted by Gasteiger charge is -2.28. The Bertz CT molecular complexity index is 464. The number of hydrogen-bond acceptors (Lipinski definition) is 4. The number of rotatable bonds is 8. The molecule has 134 valence electrons. The Morgan fingerprint density at radius 2 is 1.92 bits per heavy atom. The molecule has 3 rings (SSSR count). The standard InChI is InChI=1S/C17H28N4O3/c22-17(18-7-3-9-21-10-4-8-19-21)20(13-15-5-1-11-23-15)14-16-6-2-12-24-16/h4,8,10,15-16H,1-3,5-7,9,11-14H2,(H,18,22)/t15-,16-/m1/s1. The Kier molecular flexibility index (Phi) is 6.48. The molecule has 0 bridgehead atoms. The van der Waals surface area contributed by atoms with Gasteiger partial charge in [-0.25, -0.2) is 4.79 Å². The van der Waals surface area contributed by atoms with Crippen LogP contribution in [-0.2, 0) is 16.0 Å². The van der Waals surface area contributed by atoms with Crippen LogP contribution >= 0.6 is 0 Å². The Hall–Kier alpha value is -1.60. The van der Waals surface area contributed by atoms with Crippen molar-refractivity contribution in [3.63, 3.8) is 0 Å². The number of carbonyl (C=O) groups excluding carboxylic acids is 1. The van der Waals surface area contributed by atoms with E-state index in [1.165, 1.54) is 0 Å². The van der Waals surface area contributed by atoms with E-state index in [1.807, 2.05) is 21.8 Å². The maximum atomic E-state index is 12.6. The van der Waals surface area contributed by atoms with Crippen LogP contribution in [0.15, 0.2) is 18.5 Å². The van der Waals surface area contributed by atoms with Crippen LogP contribution in [0, 0.1) is 0 Å². The van der Waals surface area contributed by atoms with Gasteiger partial charge >= 0.3 is 6.03 Å². The molecule has 7 nitrogen and oxygen atoms in total. The van der Waals surface area contributed by atoms with E-state index in [0.717, 1.165) is 51.9 Å². The van der Waals surface area contributed by atoms with Crippen LogP contribution in [0.1, 0.15) is 32.1 Å². The molecule has 2 aliphatic rings. The predicted molar refractivity (Wildman–Crippen MR) is 89.8 cm³/mol. The summed E-state index contributed by atoms with van der Waals surface area (Å²) in [5.41, 5.74) is 0. The van der Waals surface area contributed by atoms with Gasteiger partial charge < -0.3 is 19.7 Å². The Labute approximate surface area is 143 Å². The molecule has 2 amide bonds. The van der Waals surface area contributed by atoms with Crippen molar-refractivity contribution in [2.75, 3.05) is 32.8 Å². The number of hydrogen-bond donors (Lipinski definition) is 1. The number of ether oxygens (including phenoxy) is 2. The lowest BCUT2D eigenvalue weighted by molar-refractivity contribution is 0.0499. The minimum atomic E-state index is -0.0125. The van der Waals surface area contributed by atoms with Gasteiger partial charge in [-0.2, -0.15) is 5.10 Å². The summed E-state index contributed by atoms with van der Waals surface area (Å²) in [5, 5.41) is 7.19. The molecule has 0 aromatic carbocycles. The Morgan fingerprint density at radius 1 is 1.21 bits per heavy atom. The highest BCUT2D eigenvalue weighted by Gasteiger charge is 2.26. The molecule has 7 heteroatoms. The van der Waals surface area contributed by atoms with E-state index in [2.05, 4.69) is 10.4 Å². The maximum absolute atomic E-state index is 12.6. The van der Waals surface area contributed by atoms with Crippen LogP contribution in [0.3, 0.4) is 0 Å². The van der Waals surface area contributed by atoms with Gasteiger partial charge in [0.05, 0.1) is 12.2 Å². The molecule has 3 heterocycles. The monoisotopic (exact) mass is 336 g/mol. The van der Waals surface area contributed by atoms with E-state index in [0.29, 0.717) is 19.6 Å². The topological polar surface area (TPSA) is 68.6 Å². The van der Waals surface area contributed by atoms with Crippen molar-refractivity contribution < 1.29 is 14.3 Å². The van der Waals surface area contributed by atoms with Gasteiger partial charge in [0.15, 0.2) is 0 Å². The van der Waals surface area contributed by atoms with Crippen molar-refractivity contribution >= 4 is 6.03 Å². The third kappa shape index (κ3) is 5.21. The number of aromatic nitrogens is 2. The highest BCUT2D eigenvalue weighted by Crippen LogP contribution is 2.17. The third-order valence-corrected chi connectivity index (χ3v) is 4.58. The second-order valence-electron chi connectivity index (χ2n) is 6.53. The molecular formula is C17H28N4O3. The zero-order chi connectivity index (χ0) is 16.6. The molecule has 0 radical (unpaired) electrons. The van der Waals surface area contributed by atoms with Crippen molar-refractivity contribution in [1.29, 1.82) is 0 Å². The van der Waals surface area contributed by atoms with Crippen molar-refractivity contribution in [3.05, 3.63) is 18.5 Å². The molecular weight excluding hydrogens is 308 g/mol. The summed E-state index contributed by atoms with van der Waals surface area (Å²) in [4.78, 5) is 14.4. The summed E-state index contributed by atoms with van der Waals surface area (Å²) >= 11 is 0. The number of nitrogens with one attached hydrogen (secondary N) is 1. The molecule has 2 fully saturated rings. The van der Waals surface area contributed by atoms with Crippen molar-refractivity contribution in [2.45, 2.75) is 50.9 Å². The fraction of sp³-hybridized carbons (Fsp3) is 0.765. The second-order valence-corrected chi connectivity index (χ2v) is 6.53. The molecule has 0 unspecified atom stereocenters. The van der Waals surface area contributed by atoms with Crippen LogP contribution in [0.4, 0.5) is 4.79 Å². The van der Waals surface area contributed by atoms with Crippen LogP contribution in [0.5, 0.6) is 0 Å². The minimum Gasteiger partial charge on any atom is -0.376 e. The molecule has 0 spiro atoms. The predicted octanol–water partition coefficient (Wildman–Crippen LogP) is 1.64. The van der Waals surface area contributed by atoms with Crippen LogP contribution < -0.4 is 5.32 Å². The third-order valence-electron chi connectivity index (χ3n) is 4.58. The lowest BCUT2D eigenvalue weighted by Crippen LogP contribution is -2.47. The normalized spacial score (nSPS) is 23.5. The number of amides is 2. The summed E-state index contributed by atoms with van der Waals surface area (Å²) in [6.07, 6.45) is 9.15. The summed E-state index contributed by atoms with van der Waals surface area (Å²) in [5.74, 6) is 0. The summed E-state index contributed by atoms with van der Waals surface area (Å²) in [6.45, 7) is 4.39. The fourth-order valence-corrected chi connectivity index (χ4v) is 3.29. The largest absolute Gasteiger partial charge is 0.376 e. The minimum absolute atomic E-state index is 0.0125. The number of nitrogens with zero attached hydrogens (tertiary/aromatic N) is 3. The fourth-order valence-electron chi connectivity index (χ4n) is 3.29. The summed E-state index contributed by atoms with van der Waals surface area (Å²) in [6, 6.07) is 1.89. The van der Waals surface area contributed by atoms with Gasteiger partial charge in [-0.1, -0.05) is 0 Å². The highest BCUT2D eigenvalue weighted by atomic mass is 16.5. The van der Waals surface area contributed by atoms with Gasteiger partial charge in [-0.15, -0.1) is 0 Å². The van der Waals surface area contributed by atoms with Crippen LogP contribution in [0.25, 0.3) is 0 Å². The molecule has 1 aromatic rings. The quantitative estimate of drug-likeness (QED) is 0.733. The van der Waals surface area contributed by atoms with E-state index in [9.17, 15) is 4.79 Å². The van der Waals surface area contributed by atoms with Crippen molar-refractivity contribution in [1.82, 2.24) is 20.0 Å². The van der Waals surface area contributed by atoms with Gasteiger partial charge in [-0.05, 0) is 38.2 Å². The second kappa shape index (κ2) is 9.03. The number of urea groups is 1. The molecule has 0 saturated carbocycles. The SMILES string of the molecule is O=C(NCCCn1cccn1)N(C[C@H]1CCCO1)C[C@H]1CCCO1. The van der Waals surface area contributed by atoms with Gasteiger partial charge in [0, 0.05) is 51.8 Å². The first-order valence-corrected chi connectivity index (χ1v) is 9.04. The van der Waals surface area contributed by atoms with Gasteiger partial charge in [0.25, 0.3) is 0 Å². The zero-order valence-electron chi connectivity index (χ0n) is 14.2. The van der Waals surface area contributed by atoms with E-state index in [-0.39, 0.29) is 18.2 Å². The number of aryl methyl sites for hydroxylation is 1. The molecule has 2 aliphatic heterocycles. The average Bonchev–Trinajstić information content (AvgIpc) is 3.33. The first-order valence-electron chi connectivity index (χ1n) is 9.04. The Morgan fingerprint density at radius 3 is 2.46 bits per heavy atom. The number of carbonyl (C=O) groups is 1. The highest BCUT2D eigenvalue weighted by molar-refractivity contribution is 5.74. The van der Waals surface area contributed by atoms with E-state index in [1.54, 1.807) is 6.20 Å².